The minimum absolute atomic E-state index is 0.0768. The standard InChI is InChI=1S/C33H38N4O7.C2H6/c1-20(2)14-24(16-30(38)36-27(17-31(39)40)23-10-13-28-29(15-23)44-19-43-28)32(41)34-18-22-8-11-25(12-9-22)35-33(42)37-26-7-5-4-6-21(26)3;1-2/h4-13,15,20,24,27H,14,16-19H2,1-3H3,(H,34,41)(H,36,38)(H,39,40)(H2,35,37,42);1-2H3. The zero-order valence-corrected chi connectivity index (χ0v) is 27.0. The summed E-state index contributed by atoms with van der Waals surface area (Å²) in [6.07, 6.45) is 0.0557. The summed E-state index contributed by atoms with van der Waals surface area (Å²) in [4.78, 5) is 50.2. The molecule has 0 fully saturated rings. The molecule has 0 aliphatic carbocycles. The Morgan fingerprint density at radius 1 is 0.870 bits per heavy atom. The number of aliphatic carboxylic acids is 1. The molecular weight excluding hydrogens is 588 g/mol. The van der Waals surface area contributed by atoms with Gasteiger partial charge in [0.2, 0.25) is 18.6 Å². The highest BCUT2D eigenvalue weighted by Crippen LogP contribution is 2.35. The van der Waals surface area contributed by atoms with Gasteiger partial charge < -0.3 is 35.8 Å². The fourth-order valence-electron chi connectivity index (χ4n) is 4.92. The van der Waals surface area contributed by atoms with Crippen molar-refractivity contribution < 1.29 is 33.8 Å². The molecule has 0 spiro atoms. The summed E-state index contributed by atoms with van der Waals surface area (Å²) in [7, 11) is 0. The maximum Gasteiger partial charge on any atom is 0.323 e. The Kier molecular flexibility index (Phi) is 13.4. The van der Waals surface area contributed by atoms with E-state index in [9.17, 15) is 24.3 Å². The van der Waals surface area contributed by atoms with Crippen LogP contribution in [0.1, 0.15) is 69.7 Å². The number of rotatable bonds is 13. The number of para-hydroxylation sites is 1. The first-order valence-electron chi connectivity index (χ1n) is 15.5. The quantitative estimate of drug-likeness (QED) is 0.146. The Morgan fingerprint density at radius 2 is 1.57 bits per heavy atom. The summed E-state index contributed by atoms with van der Waals surface area (Å²) < 4.78 is 10.7. The number of aryl methyl sites for hydroxylation is 1. The van der Waals surface area contributed by atoms with Gasteiger partial charge in [-0.3, -0.25) is 14.4 Å². The lowest BCUT2D eigenvalue weighted by atomic mass is 9.92. The number of nitrogens with one attached hydrogen (secondary N) is 4. The molecule has 1 heterocycles. The van der Waals surface area contributed by atoms with Crippen LogP contribution in [0, 0.1) is 18.8 Å². The van der Waals surface area contributed by atoms with Crippen LogP contribution < -0.4 is 30.7 Å². The SMILES string of the molecule is CC.Cc1ccccc1NC(=O)Nc1ccc(CNC(=O)C(CC(=O)NC(CC(=O)O)c2ccc3c(c2)OCO3)CC(C)C)cc1. The molecule has 0 saturated carbocycles. The molecule has 246 valence electrons. The van der Waals surface area contributed by atoms with E-state index < -0.39 is 23.8 Å². The second kappa shape index (κ2) is 17.4. The number of carboxylic acids is 1. The lowest BCUT2D eigenvalue weighted by molar-refractivity contribution is -0.138. The first kappa shape index (κ1) is 35.4. The molecule has 4 amide bonds. The van der Waals surface area contributed by atoms with E-state index in [1.54, 1.807) is 42.5 Å². The molecule has 1 aliphatic rings. The predicted octanol–water partition coefficient (Wildman–Crippen LogP) is 6.39. The van der Waals surface area contributed by atoms with Gasteiger partial charge in [-0.05, 0) is 66.3 Å². The molecule has 0 radical (unpaired) electrons. The summed E-state index contributed by atoms with van der Waals surface area (Å²) in [6, 6.07) is 18.4. The van der Waals surface area contributed by atoms with Gasteiger partial charge in [0, 0.05) is 30.3 Å². The molecule has 46 heavy (non-hydrogen) atoms. The number of amides is 4. The molecule has 0 aromatic heterocycles. The van der Waals surface area contributed by atoms with Crippen molar-refractivity contribution in [3.05, 3.63) is 83.4 Å². The molecular formula is C35H44N4O7. The largest absolute Gasteiger partial charge is 0.481 e. The van der Waals surface area contributed by atoms with Gasteiger partial charge in [0.15, 0.2) is 11.5 Å². The Hall–Kier alpha value is -5.06. The van der Waals surface area contributed by atoms with E-state index in [-0.39, 0.29) is 44.0 Å². The second-order valence-electron chi connectivity index (χ2n) is 11.2. The van der Waals surface area contributed by atoms with Gasteiger partial charge in [-0.15, -0.1) is 0 Å². The lowest BCUT2D eigenvalue weighted by Gasteiger charge is -2.22. The predicted molar refractivity (Wildman–Crippen MR) is 177 cm³/mol. The van der Waals surface area contributed by atoms with E-state index in [4.69, 9.17) is 9.47 Å². The van der Waals surface area contributed by atoms with Gasteiger partial charge in [-0.25, -0.2) is 4.79 Å². The van der Waals surface area contributed by atoms with Gasteiger partial charge in [-0.1, -0.05) is 64.1 Å². The molecule has 2 atom stereocenters. The summed E-state index contributed by atoms with van der Waals surface area (Å²) in [6.45, 7) is 10.2. The Bertz CT molecular complexity index is 1490. The van der Waals surface area contributed by atoms with Crippen molar-refractivity contribution >= 4 is 35.2 Å². The number of carbonyl (C=O) groups excluding carboxylic acids is 3. The van der Waals surface area contributed by atoms with Crippen LogP contribution in [0.3, 0.4) is 0 Å². The maximum absolute atomic E-state index is 13.2. The fraction of sp³-hybridized carbons (Fsp3) is 0.371. The maximum atomic E-state index is 13.2. The minimum Gasteiger partial charge on any atom is -0.481 e. The van der Waals surface area contributed by atoms with E-state index in [0.29, 0.717) is 29.2 Å². The molecule has 11 heteroatoms. The van der Waals surface area contributed by atoms with Crippen LogP contribution in [0.5, 0.6) is 11.5 Å². The van der Waals surface area contributed by atoms with Crippen molar-refractivity contribution in [3.8, 4) is 11.5 Å². The van der Waals surface area contributed by atoms with E-state index in [1.807, 2.05) is 58.9 Å². The summed E-state index contributed by atoms with van der Waals surface area (Å²) >= 11 is 0. The highest BCUT2D eigenvalue weighted by Gasteiger charge is 2.26. The first-order valence-corrected chi connectivity index (χ1v) is 15.5. The first-order chi connectivity index (χ1) is 22.1. The van der Waals surface area contributed by atoms with Crippen LogP contribution in [0.2, 0.25) is 0 Å². The number of ether oxygens (including phenoxy) is 2. The molecule has 11 nitrogen and oxygen atoms in total. The average Bonchev–Trinajstić information content (AvgIpc) is 3.50. The smallest absolute Gasteiger partial charge is 0.323 e. The third-order valence-electron chi connectivity index (χ3n) is 7.14. The van der Waals surface area contributed by atoms with Crippen LogP contribution in [0.4, 0.5) is 16.2 Å². The summed E-state index contributed by atoms with van der Waals surface area (Å²) in [5, 5.41) is 20.8. The van der Waals surface area contributed by atoms with Gasteiger partial charge in [0.25, 0.3) is 0 Å². The third-order valence-corrected chi connectivity index (χ3v) is 7.14. The van der Waals surface area contributed by atoms with Crippen molar-refractivity contribution in [1.29, 1.82) is 0 Å². The van der Waals surface area contributed by atoms with Crippen LogP contribution in [-0.2, 0) is 20.9 Å². The number of hydrogen-bond donors (Lipinski definition) is 5. The van der Waals surface area contributed by atoms with Gasteiger partial charge >= 0.3 is 12.0 Å². The number of anilines is 2. The molecule has 1 aliphatic heterocycles. The van der Waals surface area contributed by atoms with Gasteiger partial charge in [-0.2, -0.15) is 0 Å². The molecule has 4 rings (SSSR count). The monoisotopic (exact) mass is 632 g/mol. The van der Waals surface area contributed by atoms with Crippen molar-refractivity contribution in [2.45, 2.75) is 66.5 Å². The average molecular weight is 633 g/mol. The van der Waals surface area contributed by atoms with Crippen molar-refractivity contribution in [2.24, 2.45) is 11.8 Å². The number of carbonyl (C=O) groups is 4. The van der Waals surface area contributed by atoms with Crippen molar-refractivity contribution in [1.82, 2.24) is 10.6 Å². The zero-order valence-electron chi connectivity index (χ0n) is 27.0. The Morgan fingerprint density at radius 3 is 2.24 bits per heavy atom. The summed E-state index contributed by atoms with van der Waals surface area (Å²) in [5.74, 6) is -1.18. The normalized spacial score (nSPS) is 12.7. The lowest BCUT2D eigenvalue weighted by Crippen LogP contribution is -2.37. The number of benzene rings is 3. The number of carboxylic acid groups (broad SMARTS) is 1. The molecule has 0 bridgehead atoms. The van der Waals surface area contributed by atoms with E-state index in [2.05, 4.69) is 21.3 Å². The molecule has 0 saturated heterocycles. The number of fused-ring (bicyclic) bond motifs is 1. The number of urea groups is 1. The van der Waals surface area contributed by atoms with Crippen LogP contribution in [-0.4, -0.2) is 35.7 Å². The van der Waals surface area contributed by atoms with E-state index in [1.165, 1.54) is 0 Å². The summed E-state index contributed by atoms with van der Waals surface area (Å²) in [5.41, 5.74) is 3.66. The van der Waals surface area contributed by atoms with E-state index >= 15 is 0 Å². The Balaban J connectivity index is 0.00000282. The second-order valence-corrected chi connectivity index (χ2v) is 11.2. The van der Waals surface area contributed by atoms with Crippen LogP contribution >= 0.6 is 0 Å². The molecule has 3 aromatic carbocycles. The highest BCUT2D eigenvalue weighted by atomic mass is 16.7. The highest BCUT2D eigenvalue weighted by molar-refractivity contribution is 6.00. The molecule has 3 aromatic rings. The van der Waals surface area contributed by atoms with Gasteiger partial charge in [0.05, 0.1) is 12.5 Å². The minimum atomic E-state index is -1.07. The third kappa shape index (κ3) is 10.8. The number of hydrogen-bond acceptors (Lipinski definition) is 6. The van der Waals surface area contributed by atoms with Crippen molar-refractivity contribution in [3.63, 3.8) is 0 Å². The van der Waals surface area contributed by atoms with Crippen LogP contribution in [0.15, 0.2) is 66.7 Å². The Labute approximate surface area is 270 Å². The molecule has 2 unspecified atom stereocenters. The van der Waals surface area contributed by atoms with E-state index in [0.717, 1.165) is 16.8 Å². The van der Waals surface area contributed by atoms with Crippen molar-refractivity contribution in [2.75, 3.05) is 17.4 Å². The fourth-order valence-corrected chi connectivity index (χ4v) is 4.92. The topological polar surface area (TPSA) is 155 Å². The van der Waals surface area contributed by atoms with Gasteiger partial charge in [0.1, 0.15) is 0 Å². The van der Waals surface area contributed by atoms with Crippen LogP contribution in [0.25, 0.3) is 0 Å². The zero-order chi connectivity index (χ0) is 33.6. The molecule has 5 N–H and O–H groups in total.